The average Bonchev–Trinajstić information content (AvgIpc) is 2.13. The topological polar surface area (TPSA) is 23.5 Å². The Bertz CT molecular complexity index is 103. The van der Waals surface area contributed by atoms with Crippen LogP contribution < -0.4 is 0 Å². The summed E-state index contributed by atoms with van der Waals surface area (Å²) in [4.78, 5) is 2.33. The van der Waals surface area contributed by atoms with Crippen LogP contribution in [0.15, 0.2) is 0 Å². The van der Waals surface area contributed by atoms with Crippen LogP contribution in [0.5, 0.6) is 0 Å². The second kappa shape index (κ2) is 3.35. The van der Waals surface area contributed by atoms with Gasteiger partial charge < -0.3 is 10.0 Å². The lowest BCUT2D eigenvalue weighted by Crippen LogP contribution is -2.26. The third-order valence-corrected chi connectivity index (χ3v) is 1.87. The van der Waals surface area contributed by atoms with E-state index in [9.17, 15) is 5.11 Å². The first kappa shape index (κ1) is 8.02. The van der Waals surface area contributed by atoms with Gasteiger partial charge in [-0.2, -0.15) is 0 Å². The van der Waals surface area contributed by atoms with Crippen LogP contribution in [-0.2, 0) is 0 Å². The van der Waals surface area contributed by atoms with Crippen LogP contribution in [-0.4, -0.2) is 35.7 Å². The minimum absolute atomic E-state index is 0.0567. The summed E-state index contributed by atoms with van der Waals surface area (Å²) in [6.07, 6.45) is 0.908. The van der Waals surface area contributed by atoms with Crippen LogP contribution in [0.4, 0.5) is 0 Å². The Morgan fingerprint density at radius 1 is 1.60 bits per heavy atom. The summed E-state index contributed by atoms with van der Waals surface area (Å²) in [5, 5.41) is 9.17. The van der Waals surface area contributed by atoms with Crippen molar-refractivity contribution in [3.63, 3.8) is 0 Å². The standard InChI is InChI=1S/C8H17NO/c1-7(2)5-9-4-3-8(10)6-9/h7-8,10H,3-6H2,1-2H3/t8-/m0/s1. The van der Waals surface area contributed by atoms with E-state index >= 15 is 0 Å². The van der Waals surface area contributed by atoms with Crippen molar-refractivity contribution >= 4 is 0 Å². The van der Waals surface area contributed by atoms with Crippen molar-refractivity contribution in [1.82, 2.24) is 4.90 Å². The number of aliphatic hydroxyl groups is 1. The molecule has 0 bridgehead atoms. The van der Waals surface area contributed by atoms with E-state index < -0.39 is 0 Å². The largest absolute Gasteiger partial charge is 0.392 e. The van der Waals surface area contributed by atoms with Crippen LogP contribution >= 0.6 is 0 Å². The molecule has 1 aliphatic rings. The third kappa shape index (κ3) is 2.27. The third-order valence-electron chi connectivity index (χ3n) is 1.87. The Hall–Kier alpha value is -0.0800. The summed E-state index contributed by atoms with van der Waals surface area (Å²) in [5.74, 6) is 0.727. The van der Waals surface area contributed by atoms with Gasteiger partial charge in [0.25, 0.3) is 0 Å². The number of rotatable bonds is 2. The monoisotopic (exact) mass is 143 g/mol. The number of likely N-dealkylation sites (tertiary alicyclic amines) is 1. The predicted octanol–water partition coefficient (Wildman–Crippen LogP) is 0.709. The van der Waals surface area contributed by atoms with Gasteiger partial charge >= 0.3 is 0 Å². The molecular weight excluding hydrogens is 126 g/mol. The van der Waals surface area contributed by atoms with Crippen molar-refractivity contribution in [3.05, 3.63) is 0 Å². The summed E-state index contributed by atoms with van der Waals surface area (Å²) in [6.45, 7) is 7.53. The average molecular weight is 143 g/mol. The van der Waals surface area contributed by atoms with Crippen molar-refractivity contribution in [2.24, 2.45) is 5.92 Å². The molecule has 1 saturated heterocycles. The van der Waals surface area contributed by atoms with Gasteiger partial charge in [0.1, 0.15) is 0 Å². The number of hydrogen-bond donors (Lipinski definition) is 1. The molecule has 1 N–H and O–H groups in total. The number of hydrogen-bond acceptors (Lipinski definition) is 2. The van der Waals surface area contributed by atoms with Crippen LogP contribution in [0.1, 0.15) is 20.3 Å². The molecule has 2 nitrogen and oxygen atoms in total. The van der Waals surface area contributed by atoms with Gasteiger partial charge in [-0.1, -0.05) is 13.8 Å². The van der Waals surface area contributed by atoms with E-state index in [1.165, 1.54) is 0 Å². The molecule has 0 aromatic rings. The molecule has 1 fully saturated rings. The van der Waals surface area contributed by atoms with Crippen LogP contribution in [0.2, 0.25) is 0 Å². The molecule has 1 heterocycles. The van der Waals surface area contributed by atoms with Gasteiger partial charge in [0.2, 0.25) is 0 Å². The van der Waals surface area contributed by atoms with E-state index in [0.29, 0.717) is 0 Å². The minimum atomic E-state index is -0.0567. The zero-order valence-electron chi connectivity index (χ0n) is 6.88. The highest BCUT2D eigenvalue weighted by molar-refractivity contribution is 4.74. The Kier molecular flexibility index (Phi) is 2.69. The van der Waals surface area contributed by atoms with E-state index in [2.05, 4.69) is 18.7 Å². The summed E-state index contributed by atoms with van der Waals surface area (Å²) in [7, 11) is 0. The summed E-state index contributed by atoms with van der Waals surface area (Å²) >= 11 is 0. The maximum Gasteiger partial charge on any atom is 0.0679 e. The number of β-amino-alcohol motifs (C(OH)–C–C–N with tert-alkyl or cyclic N) is 1. The number of nitrogens with zero attached hydrogens (tertiary/aromatic N) is 1. The molecule has 1 aliphatic heterocycles. The molecule has 10 heavy (non-hydrogen) atoms. The summed E-state index contributed by atoms with van der Waals surface area (Å²) in [5.41, 5.74) is 0. The Morgan fingerprint density at radius 3 is 2.70 bits per heavy atom. The fourth-order valence-electron chi connectivity index (χ4n) is 1.49. The first-order chi connectivity index (χ1) is 4.68. The van der Waals surface area contributed by atoms with Gasteiger partial charge in [-0.15, -0.1) is 0 Å². The highest BCUT2D eigenvalue weighted by Crippen LogP contribution is 2.10. The van der Waals surface area contributed by atoms with Crippen LogP contribution in [0, 0.1) is 5.92 Å². The molecule has 0 aromatic carbocycles. The molecule has 0 aliphatic carbocycles. The zero-order chi connectivity index (χ0) is 7.56. The van der Waals surface area contributed by atoms with Crippen LogP contribution in [0.3, 0.4) is 0 Å². The van der Waals surface area contributed by atoms with Crippen molar-refractivity contribution < 1.29 is 5.11 Å². The molecule has 1 rings (SSSR count). The van der Waals surface area contributed by atoms with Crippen molar-refractivity contribution in [2.75, 3.05) is 19.6 Å². The first-order valence-corrected chi connectivity index (χ1v) is 4.09. The summed E-state index contributed by atoms with van der Waals surface area (Å²) in [6, 6.07) is 0. The lowest BCUT2D eigenvalue weighted by Gasteiger charge is -2.16. The van der Waals surface area contributed by atoms with Gasteiger partial charge in [0.15, 0.2) is 0 Å². The predicted molar refractivity (Wildman–Crippen MR) is 41.9 cm³/mol. The fraction of sp³-hybridized carbons (Fsp3) is 1.00. The molecule has 0 unspecified atom stereocenters. The molecule has 0 radical (unpaired) electrons. The second-order valence-corrected chi connectivity index (χ2v) is 3.60. The molecule has 2 heteroatoms. The van der Waals surface area contributed by atoms with Gasteiger partial charge in [-0.25, -0.2) is 0 Å². The lowest BCUT2D eigenvalue weighted by molar-refractivity contribution is 0.172. The number of aliphatic hydroxyl groups excluding tert-OH is 1. The van der Waals surface area contributed by atoms with E-state index in [1.54, 1.807) is 0 Å². The van der Waals surface area contributed by atoms with E-state index in [1.807, 2.05) is 0 Å². The smallest absolute Gasteiger partial charge is 0.0679 e. The molecule has 1 atom stereocenters. The molecule has 0 aromatic heterocycles. The van der Waals surface area contributed by atoms with Gasteiger partial charge in [-0.3, -0.25) is 0 Å². The Morgan fingerprint density at radius 2 is 2.30 bits per heavy atom. The fourth-order valence-corrected chi connectivity index (χ4v) is 1.49. The highest BCUT2D eigenvalue weighted by Gasteiger charge is 2.19. The SMILES string of the molecule is CC(C)CN1CC[C@H](O)C1. The molecule has 0 saturated carbocycles. The molecule has 60 valence electrons. The lowest BCUT2D eigenvalue weighted by atomic mass is 10.2. The van der Waals surface area contributed by atoms with Gasteiger partial charge in [-0.05, 0) is 12.3 Å². The Balaban J connectivity index is 2.18. The first-order valence-electron chi connectivity index (χ1n) is 4.09. The normalized spacial score (nSPS) is 28.2. The molecule has 0 amide bonds. The van der Waals surface area contributed by atoms with E-state index in [-0.39, 0.29) is 6.10 Å². The van der Waals surface area contributed by atoms with E-state index in [4.69, 9.17) is 0 Å². The van der Waals surface area contributed by atoms with Crippen molar-refractivity contribution in [1.29, 1.82) is 0 Å². The van der Waals surface area contributed by atoms with Gasteiger partial charge in [0, 0.05) is 19.6 Å². The maximum absolute atomic E-state index is 9.17. The van der Waals surface area contributed by atoms with Gasteiger partial charge in [0.05, 0.1) is 6.10 Å². The van der Waals surface area contributed by atoms with Crippen LogP contribution in [0.25, 0.3) is 0 Å². The minimum Gasteiger partial charge on any atom is -0.392 e. The molecule has 0 spiro atoms. The summed E-state index contributed by atoms with van der Waals surface area (Å²) < 4.78 is 0. The molecular formula is C8H17NO. The maximum atomic E-state index is 9.17. The van der Waals surface area contributed by atoms with E-state index in [0.717, 1.165) is 32.0 Å². The Labute approximate surface area is 62.8 Å². The second-order valence-electron chi connectivity index (χ2n) is 3.60. The van der Waals surface area contributed by atoms with Crippen molar-refractivity contribution in [3.8, 4) is 0 Å². The zero-order valence-corrected chi connectivity index (χ0v) is 6.88. The quantitative estimate of drug-likeness (QED) is 0.615. The highest BCUT2D eigenvalue weighted by atomic mass is 16.3. The van der Waals surface area contributed by atoms with Crippen molar-refractivity contribution in [2.45, 2.75) is 26.4 Å².